The average molecular weight is 1410 g/mol. The lowest BCUT2D eigenvalue weighted by Crippen LogP contribution is -2.31. The molecule has 0 radical (unpaired) electrons. The van der Waals surface area contributed by atoms with E-state index in [-0.39, 0.29) is 37.7 Å². The van der Waals surface area contributed by atoms with Gasteiger partial charge in [0.1, 0.15) is 23.4 Å². The first-order valence-electron chi connectivity index (χ1n) is 33.8. The van der Waals surface area contributed by atoms with Gasteiger partial charge < -0.3 is 37.9 Å². The van der Waals surface area contributed by atoms with Gasteiger partial charge in [-0.1, -0.05) is 161 Å². The Morgan fingerprint density at radius 2 is 0.800 bits per heavy atom. The lowest BCUT2D eigenvalue weighted by molar-refractivity contribution is -0.172. The predicted octanol–water partition coefficient (Wildman–Crippen LogP) is 18.9. The molecule has 0 spiro atoms. The number of aryl methyl sites for hydroxylation is 1. The topological polar surface area (TPSA) is 210 Å². The van der Waals surface area contributed by atoms with Crippen LogP contribution in [0, 0.1) is 29.1 Å². The Balaban J connectivity index is 0.000000240. The Kier molecular flexibility index (Phi) is 29.9. The number of carbonyl (C=O) groups is 8. The number of hydrogen-bond acceptors (Lipinski definition) is 17. The molecule has 0 aromatic heterocycles. The lowest BCUT2D eigenvalue weighted by atomic mass is 9.91. The van der Waals surface area contributed by atoms with E-state index in [1.807, 2.05) is 189 Å². The van der Waals surface area contributed by atoms with Crippen molar-refractivity contribution in [3.8, 4) is 0 Å². The van der Waals surface area contributed by atoms with Gasteiger partial charge in [-0.2, -0.15) is 0 Å². The second-order valence-electron chi connectivity index (χ2n) is 27.7. The van der Waals surface area contributed by atoms with Gasteiger partial charge in [-0.3, -0.25) is 19.2 Å². The fourth-order valence-electron chi connectivity index (χ4n) is 9.50. The number of halogens is 1. The maximum atomic E-state index is 12.1. The number of rotatable bonds is 24. The normalized spacial score (nSPS) is 12.5. The van der Waals surface area contributed by atoms with Gasteiger partial charge in [0.15, 0.2) is 26.4 Å². The van der Waals surface area contributed by atoms with Gasteiger partial charge in [-0.05, 0) is 218 Å². The van der Waals surface area contributed by atoms with Crippen LogP contribution in [-0.4, -0.2) is 74.2 Å². The van der Waals surface area contributed by atoms with Crippen LogP contribution in [0.5, 0.6) is 0 Å². The molecule has 0 heterocycles. The molecule has 3 atom stereocenters. The summed E-state index contributed by atoms with van der Waals surface area (Å²) in [4.78, 5) is 96.4. The molecule has 0 amide bonds. The van der Waals surface area contributed by atoms with E-state index >= 15 is 0 Å². The number of carbonyl (C=O) groups excluding carboxylic acids is 8. The minimum absolute atomic E-state index is 0.216. The lowest BCUT2D eigenvalue weighted by Gasteiger charge is -2.26. The number of thiol groups is 1. The zero-order valence-electron chi connectivity index (χ0n) is 61.2. The van der Waals surface area contributed by atoms with Crippen LogP contribution >= 0.6 is 24.2 Å². The highest BCUT2D eigenvalue weighted by Gasteiger charge is 2.33. The second kappa shape index (κ2) is 36.5. The van der Waals surface area contributed by atoms with Gasteiger partial charge in [0.25, 0.3) is 0 Å². The van der Waals surface area contributed by atoms with Crippen molar-refractivity contribution in [2.24, 2.45) is 22.2 Å². The van der Waals surface area contributed by atoms with E-state index in [0.717, 1.165) is 70.2 Å². The van der Waals surface area contributed by atoms with Crippen molar-refractivity contribution < 1.29 is 76.3 Å². The first kappa shape index (κ1) is 81.9. The molecule has 0 aliphatic carbocycles. The number of ether oxygens (including phenoxy) is 8. The maximum absolute atomic E-state index is 12.1. The van der Waals surface area contributed by atoms with Crippen LogP contribution in [0.4, 0.5) is 0 Å². The van der Waals surface area contributed by atoms with E-state index in [1.54, 1.807) is 69.2 Å². The van der Waals surface area contributed by atoms with Crippen LogP contribution in [-0.2, 0) is 87.5 Å². The summed E-state index contributed by atoms with van der Waals surface area (Å²) < 4.78 is 42.1. The summed E-state index contributed by atoms with van der Waals surface area (Å²) in [6.07, 6.45) is 1.76. The molecule has 16 nitrogen and oxygen atoms in total. The monoisotopic (exact) mass is 1410 g/mol. The first-order chi connectivity index (χ1) is 46.8. The van der Waals surface area contributed by atoms with Crippen LogP contribution in [0.3, 0.4) is 0 Å². The zero-order valence-corrected chi connectivity index (χ0v) is 62.8. The van der Waals surface area contributed by atoms with E-state index in [4.69, 9.17) is 49.5 Å². The van der Waals surface area contributed by atoms with Crippen LogP contribution in [0.2, 0.25) is 5.02 Å². The average Bonchev–Trinajstić information content (AvgIpc) is 0.809. The fourth-order valence-corrected chi connectivity index (χ4v) is 9.96. The highest BCUT2D eigenvalue weighted by Crippen LogP contribution is 2.33. The predicted molar refractivity (Wildman–Crippen MR) is 396 cm³/mol. The van der Waals surface area contributed by atoms with Gasteiger partial charge in [0.05, 0.1) is 22.2 Å². The van der Waals surface area contributed by atoms with Gasteiger partial charge in [0, 0.05) is 15.3 Å². The maximum Gasteiger partial charge on any atom is 0.345 e. The first-order valence-corrected chi connectivity index (χ1v) is 34.6. The third-order valence-electron chi connectivity index (χ3n) is 17.7. The summed E-state index contributed by atoms with van der Waals surface area (Å²) in [7, 11) is 0. The summed E-state index contributed by atoms with van der Waals surface area (Å²) in [5.74, 6) is -4.02. The number of esters is 8. The van der Waals surface area contributed by atoms with Crippen LogP contribution in [0.15, 0.2) is 157 Å². The molecule has 0 aliphatic rings. The summed E-state index contributed by atoms with van der Waals surface area (Å²) in [6.45, 7) is 31.5. The minimum Gasteiger partial charge on any atom is -0.455 e. The van der Waals surface area contributed by atoms with Gasteiger partial charge >= 0.3 is 47.8 Å². The minimum atomic E-state index is -0.861. The summed E-state index contributed by atoms with van der Waals surface area (Å²) in [6, 6.07) is 49.3. The molecule has 100 heavy (non-hydrogen) atoms. The molecule has 0 saturated carbocycles. The van der Waals surface area contributed by atoms with Crippen molar-refractivity contribution in [2.45, 2.75) is 179 Å². The largest absolute Gasteiger partial charge is 0.455 e. The van der Waals surface area contributed by atoms with Crippen molar-refractivity contribution in [1.29, 1.82) is 0 Å². The molecular weight excluding hydrogens is 1310 g/mol. The molecule has 536 valence electrons. The molecule has 8 aromatic carbocycles. The Labute approximate surface area is 599 Å². The second-order valence-corrected chi connectivity index (χ2v) is 28.7. The number of fused-ring (bicyclic) bond motifs is 4. The molecule has 8 aromatic rings. The van der Waals surface area contributed by atoms with Gasteiger partial charge in [-0.15, -0.1) is 12.6 Å². The number of benzene rings is 8. The third-order valence-corrected chi connectivity index (χ3v) is 18.4. The molecule has 0 N–H and O–H groups in total. The smallest absolute Gasteiger partial charge is 0.345 e. The van der Waals surface area contributed by atoms with E-state index in [0.29, 0.717) is 30.7 Å². The highest BCUT2D eigenvalue weighted by molar-refractivity contribution is 7.80. The summed E-state index contributed by atoms with van der Waals surface area (Å²) in [5.41, 5.74) is 1.22. The van der Waals surface area contributed by atoms with Gasteiger partial charge in [0.2, 0.25) is 0 Å². The van der Waals surface area contributed by atoms with Crippen molar-refractivity contribution in [1.82, 2.24) is 0 Å². The quantitative estimate of drug-likeness (QED) is 0.0339. The molecule has 18 heteroatoms. The van der Waals surface area contributed by atoms with E-state index in [2.05, 4.69) is 30.8 Å². The molecule has 0 saturated heterocycles. The Bertz CT molecular complexity index is 4190. The Morgan fingerprint density at radius 1 is 0.410 bits per heavy atom. The molecular formula is C82H99ClO16S. The highest BCUT2D eigenvalue weighted by atomic mass is 35.5. The molecule has 0 fully saturated rings. The SMILES string of the molecule is CCC(C)(C)C(=O)OCC(=O)OC(C)(C)c1ccc2c(Cl)cccc2c1.CCC(C)(C)C(=O)OCC(=O)OC(C)c1ccc2cc(S)ccc2c1.CCC(C)(C)C(=O)OCC(=O)OC(C)c1ccc2ccc(C)cc2c1.CCC(C)C(=O)OCC(=O)OC(C)(C)c1ccc2ccccc2c1. The van der Waals surface area contributed by atoms with Crippen molar-refractivity contribution in [3.63, 3.8) is 0 Å². The van der Waals surface area contributed by atoms with E-state index in [1.165, 1.54) is 5.56 Å². The van der Waals surface area contributed by atoms with E-state index in [9.17, 15) is 38.4 Å². The van der Waals surface area contributed by atoms with Crippen molar-refractivity contribution >= 4 is 115 Å². The van der Waals surface area contributed by atoms with Crippen LogP contribution in [0.25, 0.3) is 43.1 Å². The fraction of sp³-hybridized carbons (Fsp3) is 0.415. The summed E-state index contributed by atoms with van der Waals surface area (Å²) >= 11 is 10.5. The van der Waals surface area contributed by atoms with E-state index < -0.39 is 82.1 Å². The molecule has 8 rings (SSSR count). The number of hydrogen-bond donors (Lipinski definition) is 1. The van der Waals surface area contributed by atoms with Gasteiger partial charge in [-0.25, -0.2) is 19.2 Å². The molecule has 3 unspecified atom stereocenters. The van der Waals surface area contributed by atoms with Crippen molar-refractivity contribution in [3.05, 3.63) is 184 Å². The Morgan fingerprint density at radius 3 is 1.31 bits per heavy atom. The molecule has 0 aliphatic heterocycles. The van der Waals surface area contributed by atoms with Crippen LogP contribution < -0.4 is 0 Å². The zero-order chi connectivity index (χ0) is 74.5. The summed E-state index contributed by atoms with van der Waals surface area (Å²) in [5, 5.41) is 9.17. The van der Waals surface area contributed by atoms with Crippen molar-refractivity contribution in [2.75, 3.05) is 26.4 Å². The Hall–Kier alpha value is -8.80. The standard InChI is InChI=1S/C21H25ClO4.C21H26O4.C20H24O4S.C20H24O4/c1-6-20(2,3)19(24)25-13-18(23)26-21(4,5)15-10-11-16-14(12-15)8-7-9-17(16)22;1-6-21(4,5)20(23)24-13-19(22)25-15(3)17-10-9-16-8-7-14(2)11-18(16)12-17;1-5-20(3,4)19(22)23-12-18(21)24-13(2)14-6-7-16-11-17(25)9-8-15(16)10-14;1-5-14(2)19(22)23-13-18(21)24-20(3,4)17-11-10-15-8-6-7-9-16(15)12-17/h7-12H,6,13H2,1-5H3;7-12,15H,6,13H2,1-5H3;6-11,13,25H,5,12H2,1-4H3;6-12,14H,5,13H2,1-4H3. The molecule has 0 bridgehead atoms. The van der Waals surface area contributed by atoms with Crippen LogP contribution in [0.1, 0.15) is 183 Å². The third kappa shape index (κ3) is 24.2.